The normalized spacial score (nSPS) is 11.5. The Kier molecular flexibility index (Phi) is 4.68. The van der Waals surface area contributed by atoms with Crippen LogP contribution < -0.4 is 10.6 Å². The van der Waals surface area contributed by atoms with Gasteiger partial charge in [-0.3, -0.25) is 0 Å². The van der Waals surface area contributed by atoms with Gasteiger partial charge >= 0.3 is 0 Å². The summed E-state index contributed by atoms with van der Waals surface area (Å²) in [6, 6.07) is 3.91. The van der Waals surface area contributed by atoms with Crippen LogP contribution in [0.1, 0.15) is 27.2 Å². The second kappa shape index (κ2) is 5.80. The van der Waals surface area contributed by atoms with Crippen LogP contribution in [0.25, 0.3) is 0 Å². The molecule has 1 heterocycles. The summed E-state index contributed by atoms with van der Waals surface area (Å²) in [4.78, 5) is 2.25. The molecule has 0 bridgehead atoms. The zero-order valence-corrected chi connectivity index (χ0v) is 10.5. The van der Waals surface area contributed by atoms with E-state index in [0.717, 1.165) is 25.3 Å². The third kappa shape index (κ3) is 3.77. The molecule has 16 heavy (non-hydrogen) atoms. The van der Waals surface area contributed by atoms with Crippen molar-refractivity contribution in [2.45, 2.75) is 27.2 Å². The molecule has 0 fully saturated rings. The van der Waals surface area contributed by atoms with E-state index in [4.69, 9.17) is 5.73 Å². The largest absolute Gasteiger partial charge is 0.355 e. The number of anilines is 1. The minimum atomic E-state index is 0.104. The van der Waals surface area contributed by atoms with Crippen LogP contribution in [-0.2, 0) is 0 Å². The lowest BCUT2D eigenvalue weighted by molar-refractivity contribution is 0.376. The Balaban J connectivity index is 2.76. The Morgan fingerprint density at radius 2 is 2.19 bits per heavy atom. The van der Waals surface area contributed by atoms with Crippen molar-refractivity contribution in [1.29, 1.82) is 0 Å². The van der Waals surface area contributed by atoms with E-state index in [-0.39, 0.29) is 5.41 Å². The Labute approximate surface area is 97.9 Å². The smallest absolute Gasteiger partial charge is 0.151 e. The number of hydrogen-bond acceptors (Lipinski definition) is 4. The van der Waals surface area contributed by atoms with Crippen LogP contribution in [0, 0.1) is 5.41 Å². The summed E-state index contributed by atoms with van der Waals surface area (Å²) in [5, 5.41) is 8.07. The summed E-state index contributed by atoms with van der Waals surface area (Å²) in [5.74, 6) is 0.936. The van der Waals surface area contributed by atoms with Crippen LogP contribution >= 0.6 is 0 Å². The fourth-order valence-electron chi connectivity index (χ4n) is 1.59. The standard InChI is InChI=1S/C12H22N4/c1-4-8-16(10-12(2,3)9-13)11-6-5-7-14-15-11/h5-7H,4,8-10,13H2,1-3H3. The van der Waals surface area contributed by atoms with Gasteiger partial charge in [0.05, 0.1) is 0 Å². The average molecular weight is 222 g/mol. The lowest BCUT2D eigenvalue weighted by atomic mass is 9.93. The molecule has 90 valence electrons. The van der Waals surface area contributed by atoms with E-state index in [1.54, 1.807) is 6.20 Å². The van der Waals surface area contributed by atoms with E-state index in [1.165, 1.54) is 0 Å². The maximum Gasteiger partial charge on any atom is 0.151 e. The first-order chi connectivity index (χ1) is 7.59. The monoisotopic (exact) mass is 222 g/mol. The molecular weight excluding hydrogens is 200 g/mol. The van der Waals surface area contributed by atoms with Crippen molar-refractivity contribution in [2.75, 3.05) is 24.5 Å². The van der Waals surface area contributed by atoms with Gasteiger partial charge in [0.25, 0.3) is 0 Å². The second-order valence-corrected chi connectivity index (χ2v) is 4.87. The molecule has 2 N–H and O–H groups in total. The van der Waals surface area contributed by atoms with Crippen molar-refractivity contribution >= 4 is 5.82 Å². The molecule has 0 saturated carbocycles. The molecular formula is C12H22N4. The topological polar surface area (TPSA) is 55.0 Å². The van der Waals surface area contributed by atoms with Crippen molar-refractivity contribution in [3.8, 4) is 0 Å². The minimum absolute atomic E-state index is 0.104. The van der Waals surface area contributed by atoms with E-state index < -0.39 is 0 Å². The van der Waals surface area contributed by atoms with Crippen molar-refractivity contribution in [3.05, 3.63) is 18.3 Å². The van der Waals surface area contributed by atoms with E-state index >= 15 is 0 Å². The zero-order valence-electron chi connectivity index (χ0n) is 10.5. The first kappa shape index (κ1) is 12.9. The van der Waals surface area contributed by atoms with Crippen molar-refractivity contribution in [2.24, 2.45) is 11.1 Å². The van der Waals surface area contributed by atoms with Gasteiger partial charge in [0.15, 0.2) is 5.82 Å². The molecule has 0 aliphatic heterocycles. The lowest BCUT2D eigenvalue weighted by Gasteiger charge is -2.32. The highest BCUT2D eigenvalue weighted by molar-refractivity contribution is 5.36. The molecule has 0 aliphatic rings. The number of nitrogens with two attached hydrogens (primary N) is 1. The Morgan fingerprint density at radius 3 is 2.69 bits per heavy atom. The van der Waals surface area contributed by atoms with Gasteiger partial charge < -0.3 is 10.6 Å². The Hall–Kier alpha value is -1.16. The van der Waals surface area contributed by atoms with Crippen molar-refractivity contribution in [1.82, 2.24) is 10.2 Å². The Bertz CT molecular complexity index is 297. The molecule has 0 radical (unpaired) electrons. The predicted octanol–water partition coefficient (Wildman–Crippen LogP) is 1.68. The number of rotatable bonds is 6. The molecule has 4 heteroatoms. The molecule has 0 spiro atoms. The molecule has 0 unspecified atom stereocenters. The molecule has 0 aromatic carbocycles. The number of nitrogens with zero attached hydrogens (tertiary/aromatic N) is 3. The highest BCUT2D eigenvalue weighted by Gasteiger charge is 2.20. The molecule has 1 aromatic heterocycles. The van der Waals surface area contributed by atoms with Gasteiger partial charge in [0, 0.05) is 19.3 Å². The van der Waals surface area contributed by atoms with Gasteiger partial charge in [0.1, 0.15) is 0 Å². The summed E-state index contributed by atoms with van der Waals surface area (Å²) in [6.45, 7) is 9.09. The third-order valence-electron chi connectivity index (χ3n) is 2.55. The van der Waals surface area contributed by atoms with Gasteiger partial charge in [-0.2, -0.15) is 5.10 Å². The minimum Gasteiger partial charge on any atom is -0.355 e. The summed E-state index contributed by atoms with van der Waals surface area (Å²) in [7, 11) is 0. The maximum atomic E-state index is 5.77. The SMILES string of the molecule is CCCN(CC(C)(C)CN)c1cccnn1. The van der Waals surface area contributed by atoms with Gasteiger partial charge in [-0.1, -0.05) is 20.8 Å². The summed E-state index contributed by atoms with van der Waals surface area (Å²) >= 11 is 0. The maximum absolute atomic E-state index is 5.77. The second-order valence-electron chi connectivity index (χ2n) is 4.87. The van der Waals surface area contributed by atoms with Crippen LogP contribution in [0.4, 0.5) is 5.82 Å². The Morgan fingerprint density at radius 1 is 1.44 bits per heavy atom. The first-order valence-corrected chi connectivity index (χ1v) is 5.82. The molecule has 0 aliphatic carbocycles. The highest BCUT2D eigenvalue weighted by Crippen LogP contribution is 2.19. The summed E-state index contributed by atoms with van der Waals surface area (Å²) < 4.78 is 0. The molecule has 4 nitrogen and oxygen atoms in total. The molecule has 0 amide bonds. The van der Waals surface area contributed by atoms with Crippen LogP contribution in [0.15, 0.2) is 18.3 Å². The lowest BCUT2D eigenvalue weighted by Crippen LogP contribution is -2.39. The fraction of sp³-hybridized carbons (Fsp3) is 0.667. The van der Waals surface area contributed by atoms with Crippen molar-refractivity contribution in [3.63, 3.8) is 0 Å². The van der Waals surface area contributed by atoms with Crippen molar-refractivity contribution < 1.29 is 0 Å². The third-order valence-corrected chi connectivity index (χ3v) is 2.55. The fourth-order valence-corrected chi connectivity index (χ4v) is 1.59. The number of aromatic nitrogens is 2. The predicted molar refractivity (Wildman–Crippen MR) is 67.4 cm³/mol. The van der Waals surface area contributed by atoms with E-state index in [2.05, 4.69) is 35.9 Å². The van der Waals surface area contributed by atoms with E-state index in [0.29, 0.717) is 6.54 Å². The molecule has 1 aromatic rings. The highest BCUT2D eigenvalue weighted by atomic mass is 15.3. The van der Waals surface area contributed by atoms with Gasteiger partial charge in [-0.15, -0.1) is 5.10 Å². The summed E-state index contributed by atoms with van der Waals surface area (Å²) in [6.07, 6.45) is 2.79. The van der Waals surface area contributed by atoms with E-state index in [9.17, 15) is 0 Å². The summed E-state index contributed by atoms with van der Waals surface area (Å²) in [5.41, 5.74) is 5.87. The quantitative estimate of drug-likeness (QED) is 0.795. The molecule has 1 rings (SSSR count). The first-order valence-electron chi connectivity index (χ1n) is 5.82. The molecule has 0 saturated heterocycles. The van der Waals surface area contributed by atoms with Gasteiger partial charge in [-0.25, -0.2) is 0 Å². The van der Waals surface area contributed by atoms with E-state index in [1.807, 2.05) is 12.1 Å². The van der Waals surface area contributed by atoms with Gasteiger partial charge in [0.2, 0.25) is 0 Å². The average Bonchev–Trinajstić information content (AvgIpc) is 2.29. The number of hydrogen-bond donors (Lipinski definition) is 1. The van der Waals surface area contributed by atoms with Crippen LogP contribution in [-0.4, -0.2) is 29.8 Å². The van der Waals surface area contributed by atoms with Gasteiger partial charge in [-0.05, 0) is 30.5 Å². The van der Waals surface area contributed by atoms with Crippen LogP contribution in [0.2, 0.25) is 0 Å². The van der Waals surface area contributed by atoms with Crippen LogP contribution in [0.3, 0.4) is 0 Å². The van der Waals surface area contributed by atoms with Crippen LogP contribution in [0.5, 0.6) is 0 Å². The molecule has 0 atom stereocenters. The zero-order chi connectivity index (χ0) is 12.0.